The van der Waals surface area contributed by atoms with Gasteiger partial charge in [0.25, 0.3) is 0 Å². The van der Waals surface area contributed by atoms with E-state index in [9.17, 15) is 0 Å². The Morgan fingerprint density at radius 2 is 2.00 bits per heavy atom. The second-order valence-corrected chi connectivity index (χ2v) is 8.28. The third-order valence-corrected chi connectivity index (χ3v) is 5.25. The van der Waals surface area contributed by atoms with Crippen molar-refractivity contribution < 1.29 is 14.2 Å². The molecule has 0 saturated carbocycles. The van der Waals surface area contributed by atoms with Crippen LogP contribution in [0.2, 0.25) is 0 Å². The molecule has 3 heterocycles. The monoisotopic (exact) mass is 449 g/mol. The normalized spacial score (nSPS) is 16.7. The SMILES string of the molecule is COCc1cc(CN2CCOC(c3cccc(Nc4ncccn4)n3)C2)ccc1OC(C)C. The fraction of sp³-hybridized carbons (Fsp3) is 0.400. The van der Waals surface area contributed by atoms with E-state index < -0.39 is 0 Å². The molecule has 1 aromatic carbocycles. The van der Waals surface area contributed by atoms with Crippen molar-refractivity contribution in [1.82, 2.24) is 19.9 Å². The Bertz CT molecular complexity index is 1030. The van der Waals surface area contributed by atoms with E-state index in [4.69, 9.17) is 19.2 Å². The Balaban J connectivity index is 1.43. The first-order chi connectivity index (χ1) is 16.1. The number of pyridine rings is 1. The van der Waals surface area contributed by atoms with Gasteiger partial charge in [-0.3, -0.25) is 4.90 Å². The fourth-order valence-electron chi connectivity index (χ4n) is 3.83. The zero-order chi connectivity index (χ0) is 23.0. The lowest BCUT2D eigenvalue weighted by atomic mass is 10.1. The summed E-state index contributed by atoms with van der Waals surface area (Å²) < 4.78 is 17.4. The van der Waals surface area contributed by atoms with Crippen LogP contribution in [0.15, 0.2) is 54.9 Å². The predicted octanol–water partition coefficient (Wildman–Crippen LogP) is 4.12. The van der Waals surface area contributed by atoms with Crippen LogP contribution in [-0.2, 0) is 22.6 Å². The van der Waals surface area contributed by atoms with E-state index in [1.165, 1.54) is 5.56 Å². The van der Waals surface area contributed by atoms with Crippen LogP contribution in [-0.4, -0.2) is 52.8 Å². The van der Waals surface area contributed by atoms with Crippen LogP contribution in [0, 0.1) is 0 Å². The second-order valence-electron chi connectivity index (χ2n) is 8.28. The summed E-state index contributed by atoms with van der Waals surface area (Å²) >= 11 is 0. The lowest BCUT2D eigenvalue weighted by Gasteiger charge is -2.33. The van der Waals surface area contributed by atoms with Crippen molar-refractivity contribution in [2.45, 2.75) is 39.2 Å². The van der Waals surface area contributed by atoms with Crippen molar-refractivity contribution in [2.24, 2.45) is 0 Å². The van der Waals surface area contributed by atoms with Crippen LogP contribution in [0.25, 0.3) is 0 Å². The van der Waals surface area contributed by atoms with Crippen LogP contribution in [0.4, 0.5) is 11.8 Å². The van der Waals surface area contributed by atoms with E-state index in [2.05, 4.69) is 32.3 Å². The highest BCUT2D eigenvalue weighted by Gasteiger charge is 2.23. The van der Waals surface area contributed by atoms with Crippen molar-refractivity contribution in [3.05, 3.63) is 71.7 Å². The number of hydrogen-bond donors (Lipinski definition) is 1. The number of methoxy groups -OCH3 is 1. The first-order valence-corrected chi connectivity index (χ1v) is 11.2. The van der Waals surface area contributed by atoms with Crippen LogP contribution >= 0.6 is 0 Å². The molecule has 4 rings (SSSR count). The van der Waals surface area contributed by atoms with Crippen LogP contribution < -0.4 is 10.1 Å². The molecular weight excluding hydrogens is 418 g/mol. The quantitative estimate of drug-likeness (QED) is 0.522. The number of aromatic nitrogens is 3. The van der Waals surface area contributed by atoms with Gasteiger partial charge in [-0.1, -0.05) is 12.1 Å². The molecule has 1 unspecified atom stereocenters. The zero-order valence-electron chi connectivity index (χ0n) is 19.4. The largest absolute Gasteiger partial charge is 0.491 e. The summed E-state index contributed by atoms with van der Waals surface area (Å²) in [7, 11) is 1.71. The Morgan fingerprint density at radius 3 is 2.79 bits per heavy atom. The van der Waals surface area contributed by atoms with Gasteiger partial charge in [-0.2, -0.15) is 0 Å². The minimum atomic E-state index is -0.0980. The second kappa shape index (κ2) is 11.2. The molecule has 3 aromatic rings. The Hall–Kier alpha value is -3.07. The van der Waals surface area contributed by atoms with Crippen molar-refractivity contribution in [2.75, 3.05) is 32.1 Å². The van der Waals surface area contributed by atoms with Gasteiger partial charge in [0.2, 0.25) is 5.95 Å². The lowest BCUT2D eigenvalue weighted by Crippen LogP contribution is -2.38. The van der Waals surface area contributed by atoms with E-state index in [0.717, 1.165) is 36.6 Å². The first-order valence-electron chi connectivity index (χ1n) is 11.2. The molecule has 0 spiro atoms. The van der Waals surface area contributed by atoms with Crippen LogP contribution in [0.5, 0.6) is 5.75 Å². The number of morpholine rings is 1. The number of rotatable bonds is 9. The molecule has 1 saturated heterocycles. The van der Waals surface area contributed by atoms with Gasteiger partial charge in [0.1, 0.15) is 17.7 Å². The fourth-order valence-corrected chi connectivity index (χ4v) is 3.83. The Labute approximate surface area is 194 Å². The molecule has 8 nitrogen and oxygen atoms in total. The number of anilines is 2. The molecule has 174 valence electrons. The third-order valence-electron chi connectivity index (χ3n) is 5.25. The molecule has 0 amide bonds. The summed E-state index contributed by atoms with van der Waals surface area (Å²) in [5.41, 5.74) is 3.18. The van der Waals surface area contributed by atoms with Crippen LogP contribution in [0.3, 0.4) is 0 Å². The van der Waals surface area contributed by atoms with Gasteiger partial charge in [0, 0.05) is 44.7 Å². The maximum Gasteiger partial charge on any atom is 0.228 e. The summed E-state index contributed by atoms with van der Waals surface area (Å²) in [5, 5.41) is 3.15. The van der Waals surface area contributed by atoms with E-state index in [1.54, 1.807) is 25.6 Å². The zero-order valence-corrected chi connectivity index (χ0v) is 19.4. The molecule has 2 aromatic heterocycles. The minimum absolute atomic E-state index is 0.0980. The average molecular weight is 450 g/mol. The minimum Gasteiger partial charge on any atom is -0.491 e. The lowest BCUT2D eigenvalue weighted by molar-refractivity contribution is -0.0349. The van der Waals surface area contributed by atoms with Gasteiger partial charge in [-0.25, -0.2) is 15.0 Å². The smallest absolute Gasteiger partial charge is 0.228 e. The number of benzene rings is 1. The highest BCUT2D eigenvalue weighted by atomic mass is 16.5. The maximum absolute atomic E-state index is 6.06. The molecule has 1 N–H and O–H groups in total. The van der Waals surface area contributed by atoms with Gasteiger partial charge in [-0.05, 0) is 49.7 Å². The average Bonchev–Trinajstić information content (AvgIpc) is 2.82. The van der Waals surface area contributed by atoms with E-state index in [0.29, 0.717) is 25.0 Å². The first kappa shape index (κ1) is 23.1. The highest BCUT2D eigenvalue weighted by Crippen LogP contribution is 2.26. The summed E-state index contributed by atoms with van der Waals surface area (Å²) in [5.74, 6) is 2.10. The van der Waals surface area contributed by atoms with Gasteiger partial charge in [-0.15, -0.1) is 0 Å². The van der Waals surface area contributed by atoms with Gasteiger partial charge in [0.05, 0.1) is 25.0 Å². The molecule has 0 radical (unpaired) electrons. The summed E-state index contributed by atoms with van der Waals surface area (Å²) in [6, 6.07) is 14.0. The molecule has 0 aliphatic carbocycles. The number of ether oxygens (including phenoxy) is 3. The molecule has 1 atom stereocenters. The predicted molar refractivity (Wildman–Crippen MR) is 126 cm³/mol. The molecule has 0 bridgehead atoms. The van der Waals surface area contributed by atoms with Crippen molar-refractivity contribution >= 4 is 11.8 Å². The molecule has 1 aliphatic rings. The van der Waals surface area contributed by atoms with Gasteiger partial charge < -0.3 is 19.5 Å². The number of nitrogens with one attached hydrogen (secondary N) is 1. The van der Waals surface area contributed by atoms with E-state index in [-0.39, 0.29) is 12.2 Å². The summed E-state index contributed by atoms with van der Waals surface area (Å²) in [4.78, 5) is 15.5. The van der Waals surface area contributed by atoms with Crippen molar-refractivity contribution in [1.29, 1.82) is 0 Å². The highest BCUT2D eigenvalue weighted by molar-refractivity contribution is 5.47. The van der Waals surface area contributed by atoms with Gasteiger partial charge >= 0.3 is 0 Å². The van der Waals surface area contributed by atoms with E-state index >= 15 is 0 Å². The molecule has 1 fully saturated rings. The van der Waals surface area contributed by atoms with Crippen molar-refractivity contribution in [3.8, 4) is 5.75 Å². The topological polar surface area (TPSA) is 81.6 Å². The molecule has 8 heteroatoms. The standard InChI is InChI=1S/C25H31N5O3/c1-18(2)33-22-9-8-19(14-20(22)17-31-3)15-30-12-13-32-23(16-30)21-6-4-7-24(28-21)29-25-26-10-5-11-27-25/h4-11,14,18,23H,12-13,15-17H2,1-3H3,(H,26,27,28,29). The van der Waals surface area contributed by atoms with E-state index in [1.807, 2.05) is 38.1 Å². The number of hydrogen-bond acceptors (Lipinski definition) is 8. The summed E-state index contributed by atoms with van der Waals surface area (Å²) in [6.45, 7) is 7.71. The number of nitrogens with zero attached hydrogens (tertiary/aromatic N) is 4. The Kier molecular flexibility index (Phi) is 7.83. The molecule has 33 heavy (non-hydrogen) atoms. The Morgan fingerprint density at radius 1 is 1.15 bits per heavy atom. The third kappa shape index (κ3) is 6.47. The van der Waals surface area contributed by atoms with Crippen molar-refractivity contribution in [3.63, 3.8) is 0 Å². The van der Waals surface area contributed by atoms with Crippen LogP contribution in [0.1, 0.15) is 36.8 Å². The van der Waals surface area contributed by atoms with Gasteiger partial charge in [0.15, 0.2) is 0 Å². The summed E-state index contributed by atoms with van der Waals surface area (Å²) in [6.07, 6.45) is 3.42. The molecular formula is C25H31N5O3. The molecule has 1 aliphatic heterocycles. The maximum atomic E-state index is 6.06.